The highest BCUT2D eigenvalue weighted by atomic mass is 16.3. The Hall–Kier alpha value is -0.780. The molecule has 1 atom stereocenters. The van der Waals surface area contributed by atoms with Crippen LogP contribution < -0.4 is 5.73 Å². The minimum atomic E-state index is -0.410. The van der Waals surface area contributed by atoms with Gasteiger partial charge in [-0.1, -0.05) is 12.0 Å². The molecule has 1 saturated carbocycles. The molecular weight excluding hydrogens is 138 g/mol. The Labute approximate surface area is 66.1 Å². The van der Waals surface area contributed by atoms with E-state index in [4.69, 9.17) is 12.2 Å². The van der Waals surface area contributed by atoms with E-state index in [1.54, 1.807) is 0 Å². The number of aliphatic hydroxyl groups excluding tert-OH is 1. The highest BCUT2D eigenvalue weighted by molar-refractivity contribution is 5.45. The van der Waals surface area contributed by atoms with Crippen LogP contribution in [0.4, 0.5) is 0 Å². The van der Waals surface area contributed by atoms with Gasteiger partial charge in [-0.15, -0.1) is 6.42 Å². The van der Waals surface area contributed by atoms with Gasteiger partial charge >= 0.3 is 0 Å². The lowest BCUT2D eigenvalue weighted by atomic mass is 9.54. The van der Waals surface area contributed by atoms with Crippen LogP contribution >= 0.6 is 0 Å². The summed E-state index contributed by atoms with van der Waals surface area (Å²) in [5.41, 5.74) is 6.33. The van der Waals surface area contributed by atoms with Crippen molar-refractivity contribution in [3.05, 3.63) is 11.6 Å². The minimum Gasteiger partial charge on any atom is -0.387 e. The van der Waals surface area contributed by atoms with E-state index in [0.29, 0.717) is 0 Å². The molecule has 2 heteroatoms. The molecule has 1 fully saturated rings. The molecule has 58 valence electrons. The lowest BCUT2D eigenvalue weighted by molar-refractivity contribution is -0.00839. The number of hydrogen-bond acceptors (Lipinski definition) is 2. The standard InChI is InChI=1S/C9H11NO/c1-2-6-3-9(8(6)11)4-7(10)5-9/h1,3,7-8,11H,4-5,10H2. The van der Waals surface area contributed by atoms with Gasteiger partial charge in [-0.05, 0) is 12.8 Å². The van der Waals surface area contributed by atoms with Gasteiger partial charge in [0.15, 0.2) is 0 Å². The molecule has 0 aliphatic heterocycles. The minimum absolute atomic E-state index is 0.0267. The van der Waals surface area contributed by atoms with Crippen molar-refractivity contribution in [3.8, 4) is 12.3 Å². The summed E-state index contributed by atoms with van der Waals surface area (Å²) in [6, 6.07) is 0.264. The first-order valence-electron chi connectivity index (χ1n) is 3.81. The lowest BCUT2D eigenvalue weighted by Crippen LogP contribution is -2.56. The van der Waals surface area contributed by atoms with Crippen molar-refractivity contribution in [2.24, 2.45) is 11.1 Å². The van der Waals surface area contributed by atoms with Crippen LogP contribution in [-0.2, 0) is 0 Å². The molecule has 1 unspecified atom stereocenters. The van der Waals surface area contributed by atoms with Crippen LogP contribution in [0, 0.1) is 17.8 Å². The Morgan fingerprint density at radius 1 is 1.73 bits per heavy atom. The molecule has 2 rings (SSSR count). The van der Waals surface area contributed by atoms with Crippen molar-refractivity contribution < 1.29 is 5.11 Å². The fourth-order valence-corrected chi connectivity index (χ4v) is 2.06. The van der Waals surface area contributed by atoms with Crippen LogP contribution in [0.3, 0.4) is 0 Å². The van der Waals surface area contributed by atoms with Gasteiger partial charge in [0.1, 0.15) is 0 Å². The monoisotopic (exact) mass is 149 g/mol. The predicted octanol–water partition coefficient (Wildman–Crippen LogP) is 0.0280. The van der Waals surface area contributed by atoms with Crippen LogP contribution in [0.5, 0.6) is 0 Å². The van der Waals surface area contributed by atoms with E-state index >= 15 is 0 Å². The van der Waals surface area contributed by atoms with Crippen LogP contribution in [0.2, 0.25) is 0 Å². The van der Waals surface area contributed by atoms with E-state index in [-0.39, 0.29) is 11.5 Å². The molecule has 2 nitrogen and oxygen atoms in total. The summed E-state index contributed by atoms with van der Waals surface area (Å²) in [4.78, 5) is 0. The first-order chi connectivity index (χ1) is 5.18. The molecular formula is C9H11NO. The Kier molecular flexibility index (Phi) is 1.18. The van der Waals surface area contributed by atoms with Gasteiger partial charge in [0.25, 0.3) is 0 Å². The second kappa shape index (κ2) is 1.88. The maximum Gasteiger partial charge on any atom is 0.0956 e. The second-order valence-corrected chi connectivity index (χ2v) is 3.55. The summed E-state index contributed by atoms with van der Waals surface area (Å²) >= 11 is 0. The number of aliphatic hydroxyl groups is 1. The molecule has 0 aromatic heterocycles. The van der Waals surface area contributed by atoms with Crippen molar-refractivity contribution in [2.75, 3.05) is 0 Å². The first-order valence-corrected chi connectivity index (χ1v) is 3.81. The zero-order valence-electron chi connectivity index (χ0n) is 6.25. The van der Waals surface area contributed by atoms with Gasteiger partial charge in [0.05, 0.1) is 6.10 Å². The zero-order chi connectivity index (χ0) is 8.06. The highest BCUT2D eigenvalue weighted by Crippen LogP contribution is 2.53. The zero-order valence-corrected chi connectivity index (χ0v) is 6.25. The van der Waals surface area contributed by atoms with Gasteiger partial charge in [-0.2, -0.15) is 0 Å². The molecule has 0 amide bonds. The Balaban J connectivity index is 2.14. The van der Waals surface area contributed by atoms with Gasteiger partial charge in [-0.3, -0.25) is 0 Å². The third-order valence-electron chi connectivity index (χ3n) is 2.73. The number of nitrogens with two attached hydrogens (primary N) is 1. The van der Waals surface area contributed by atoms with Crippen LogP contribution in [0.15, 0.2) is 11.6 Å². The SMILES string of the molecule is C#CC1=CC2(CC(N)C2)C1O. The summed E-state index contributed by atoms with van der Waals surface area (Å²) in [6.07, 6.45) is 8.50. The number of terminal acetylenes is 1. The smallest absolute Gasteiger partial charge is 0.0956 e. The van der Waals surface area contributed by atoms with Crippen molar-refractivity contribution in [1.82, 2.24) is 0 Å². The molecule has 0 aromatic carbocycles. The van der Waals surface area contributed by atoms with Crippen LogP contribution in [-0.4, -0.2) is 17.3 Å². The third kappa shape index (κ3) is 0.699. The van der Waals surface area contributed by atoms with Crippen molar-refractivity contribution in [1.29, 1.82) is 0 Å². The number of hydrogen-bond donors (Lipinski definition) is 2. The molecule has 11 heavy (non-hydrogen) atoms. The van der Waals surface area contributed by atoms with Crippen molar-refractivity contribution >= 4 is 0 Å². The van der Waals surface area contributed by atoms with Gasteiger partial charge in [-0.25, -0.2) is 0 Å². The average Bonchev–Trinajstić information content (AvgIpc) is 1.94. The highest BCUT2D eigenvalue weighted by Gasteiger charge is 2.53. The molecule has 1 spiro atoms. The third-order valence-corrected chi connectivity index (χ3v) is 2.73. The normalized spacial score (nSPS) is 47.2. The summed E-state index contributed by atoms with van der Waals surface area (Å²) in [7, 11) is 0. The molecule has 0 aromatic rings. The summed E-state index contributed by atoms with van der Waals surface area (Å²) in [5, 5.41) is 9.53. The van der Waals surface area contributed by atoms with Crippen LogP contribution in [0.25, 0.3) is 0 Å². The fourth-order valence-electron chi connectivity index (χ4n) is 2.06. The van der Waals surface area contributed by atoms with E-state index in [2.05, 4.69) is 5.92 Å². The van der Waals surface area contributed by atoms with Gasteiger partial charge in [0, 0.05) is 17.0 Å². The first kappa shape index (κ1) is 6.90. The second-order valence-electron chi connectivity index (χ2n) is 3.55. The summed E-state index contributed by atoms with van der Waals surface area (Å²) < 4.78 is 0. The van der Waals surface area contributed by atoms with E-state index in [0.717, 1.165) is 18.4 Å². The molecule has 0 heterocycles. The predicted molar refractivity (Wildman–Crippen MR) is 42.6 cm³/mol. The molecule has 2 aliphatic rings. The maximum atomic E-state index is 9.53. The molecule has 3 N–H and O–H groups in total. The Bertz CT molecular complexity index is 255. The van der Waals surface area contributed by atoms with Crippen molar-refractivity contribution in [2.45, 2.75) is 25.0 Å². The van der Waals surface area contributed by atoms with Gasteiger partial charge in [0.2, 0.25) is 0 Å². The van der Waals surface area contributed by atoms with E-state index in [9.17, 15) is 5.11 Å². The fraction of sp³-hybridized carbons (Fsp3) is 0.556. The number of rotatable bonds is 0. The quantitative estimate of drug-likeness (QED) is 0.477. The molecule has 0 bridgehead atoms. The van der Waals surface area contributed by atoms with E-state index < -0.39 is 6.10 Å². The lowest BCUT2D eigenvalue weighted by Gasteiger charge is -2.53. The van der Waals surface area contributed by atoms with Crippen molar-refractivity contribution in [3.63, 3.8) is 0 Å². The largest absolute Gasteiger partial charge is 0.387 e. The summed E-state index contributed by atoms with van der Waals surface area (Å²) in [6.45, 7) is 0. The van der Waals surface area contributed by atoms with E-state index in [1.807, 2.05) is 6.08 Å². The van der Waals surface area contributed by atoms with Crippen LogP contribution in [0.1, 0.15) is 12.8 Å². The molecule has 0 saturated heterocycles. The maximum absolute atomic E-state index is 9.53. The average molecular weight is 149 g/mol. The Morgan fingerprint density at radius 3 is 2.73 bits per heavy atom. The topological polar surface area (TPSA) is 46.2 Å². The Morgan fingerprint density at radius 2 is 2.36 bits per heavy atom. The summed E-state index contributed by atoms with van der Waals surface area (Å²) in [5.74, 6) is 2.46. The van der Waals surface area contributed by atoms with E-state index in [1.165, 1.54) is 0 Å². The molecule has 0 radical (unpaired) electrons. The molecule has 2 aliphatic carbocycles. The van der Waals surface area contributed by atoms with Gasteiger partial charge < -0.3 is 10.8 Å².